The third kappa shape index (κ3) is 5.13. The van der Waals surface area contributed by atoms with E-state index in [-0.39, 0.29) is 0 Å². The van der Waals surface area contributed by atoms with E-state index in [0.717, 1.165) is 49.9 Å². The maximum Gasteiger partial charge on any atom is 0.129 e. The van der Waals surface area contributed by atoms with Crippen LogP contribution < -0.4 is 5.32 Å². The molecule has 1 rings (SSSR count). The standard InChI is InChI=1S/C13H24N4/c1-5-17(6-2)9-7-8-14-13-10-11(3)15-12(4)16-13/h10H,5-9H2,1-4H3,(H,14,15,16). The Labute approximate surface area is 104 Å². The average molecular weight is 236 g/mol. The van der Waals surface area contributed by atoms with Gasteiger partial charge in [0.15, 0.2) is 0 Å². The molecule has 0 aromatic carbocycles. The van der Waals surface area contributed by atoms with Crippen LogP contribution in [0.5, 0.6) is 0 Å². The van der Waals surface area contributed by atoms with E-state index in [9.17, 15) is 0 Å². The number of hydrogen-bond donors (Lipinski definition) is 1. The van der Waals surface area contributed by atoms with Gasteiger partial charge in [-0.2, -0.15) is 0 Å². The van der Waals surface area contributed by atoms with Crippen LogP contribution >= 0.6 is 0 Å². The van der Waals surface area contributed by atoms with E-state index >= 15 is 0 Å². The van der Waals surface area contributed by atoms with Crippen LogP contribution in [0.4, 0.5) is 5.82 Å². The van der Waals surface area contributed by atoms with Crippen LogP contribution in [-0.4, -0.2) is 41.0 Å². The number of nitrogens with one attached hydrogen (secondary N) is 1. The lowest BCUT2D eigenvalue weighted by Gasteiger charge is -2.17. The topological polar surface area (TPSA) is 41.0 Å². The summed E-state index contributed by atoms with van der Waals surface area (Å²) in [5, 5.41) is 3.35. The minimum absolute atomic E-state index is 0.830. The van der Waals surface area contributed by atoms with E-state index in [4.69, 9.17) is 0 Å². The predicted molar refractivity (Wildman–Crippen MR) is 72.4 cm³/mol. The smallest absolute Gasteiger partial charge is 0.129 e. The summed E-state index contributed by atoms with van der Waals surface area (Å²) in [5.74, 6) is 1.77. The van der Waals surface area contributed by atoms with Crippen molar-refractivity contribution in [3.8, 4) is 0 Å². The van der Waals surface area contributed by atoms with Gasteiger partial charge in [-0.25, -0.2) is 9.97 Å². The van der Waals surface area contributed by atoms with Crippen molar-refractivity contribution in [3.05, 3.63) is 17.6 Å². The lowest BCUT2D eigenvalue weighted by molar-refractivity contribution is 0.303. The first-order valence-corrected chi connectivity index (χ1v) is 6.44. The summed E-state index contributed by atoms with van der Waals surface area (Å²) in [6.07, 6.45) is 1.14. The molecule has 0 aliphatic rings. The number of rotatable bonds is 7. The van der Waals surface area contributed by atoms with Crippen LogP contribution in [-0.2, 0) is 0 Å². The van der Waals surface area contributed by atoms with Gasteiger partial charge in [-0.3, -0.25) is 0 Å². The Morgan fingerprint density at radius 3 is 2.47 bits per heavy atom. The molecule has 1 N–H and O–H groups in total. The number of anilines is 1. The van der Waals surface area contributed by atoms with Crippen molar-refractivity contribution in [3.63, 3.8) is 0 Å². The van der Waals surface area contributed by atoms with E-state index in [1.165, 1.54) is 0 Å². The van der Waals surface area contributed by atoms with E-state index in [0.29, 0.717) is 0 Å². The van der Waals surface area contributed by atoms with Crippen LogP contribution in [0, 0.1) is 13.8 Å². The highest BCUT2D eigenvalue weighted by Crippen LogP contribution is 2.05. The van der Waals surface area contributed by atoms with Crippen molar-refractivity contribution in [2.45, 2.75) is 34.1 Å². The molecule has 4 nitrogen and oxygen atoms in total. The van der Waals surface area contributed by atoms with Gasteiger partial charge in [-0.05, 0) is 39.9 Å². The largest absolute Gasteiger partial charge is 0.370 e. The normalized spacial score (nSPS) is 10.9. The Kier molecular flexibility index (Phi) is 5.91. The molecule has 17 heavy (non-hydrogen) atoms. The maximum atomic E-state index is 4.36. The lowest BCUT2D eigenvalue weighted by Crippen LogP contribution is -2.25. The number of aryl methyl sites for hydroxylation is 2. The predicted octanol–water partition coefficient (Wildman–Crippen LogP) is 2.24. The first-order chi connectivity index (χ1) is 8.15. The van der Waals surface area contributed by atoms with Gasteiger partial charge in [0, 0.05) is 18.3 Å². The van der Waals surface area contributed by atoms with Crippen molar-refractivity contribution in [2.75, 3.05) is 31.5 Å². The fraction of sp³-hybridized carbons (Fsp3) is 0.692. The average Bonchev–Trinajstić information content (AvgIpc) is 2.28. The van der Waals surface area contributed by atoms with E-state index < -0.39 is 0 Å². The molecule has 0 saturated heterocycles. The highest BCUT2D eigenvalue weighted by molar-refractivity contribution is 5.35. The van der Waals surface area contributed by atoms with Crippen molar-refractivity contribution in [2.24, 2.45) is 0 Å². The Morgan fingerprint density at radius 1 is 1.18 bits per heavy atom. The summed E-state index contributed by atoms with van der Waals surface area (Å²) < 4.78 is 0. The second kappa shape index (κ2) is 7.22. The fourth-order valence-electron chi connectivity index (χ4n) is 1.87. The molecular weight excluding hydrogens is 212 g/mol. The summed E-state index contributed by atoms with van der Waals surface area (Å²) in [7, 11) is 0. The molecule has 0 unspecified atom stereocenters. The number of nitrogens with zero attached hydrogens (tertiary/aromatic N) is 3. The molecule has 0 spiro atoms. The van der Waals surface area contributed by atoms with Gasteiger partial charge in [-0.1, -0.05) is 13.8 Å². The first-order valence-electron chi connectivity index (χ1n) is 6.44. The van der Waals surface area contributed by atoms with Crippen LogP contribution in [0.25, 0.3) is 0 Å². The highest BCUT2D eigenvalue weighted by Gasteiger charge is 2.00. The third-order valence-corrected chi connectivity index (χ3v) is 2.82. The van der Waals surface area contributed by atoms with Crippen molar-refractivity contribution in [1.29, 1.82) is 0 Å². The van der Waals surface area contributed by atoms with Crippen molar-refractivity contribution < 1.29 is 0 Å². The summed E-state index contributed by atoms with van der Waals surface area (Å²) in [6, 6.07) is 1.99. The second-order valence-corrected chi connectivity index (χ2v) is 4.25. The van der Waals surface area contributed by atoms with Crippen LogP contribution in [0.15, 0.2) is 6.07 Å². The first kappa shape index (κ1) is 13.9. The lowest BCUT2D eigenvalue weighted by atomic mass is 10.3. The molecule has 1 aromatic heterocycles. The molecule has 4 heteroatoms. The molecule has 96 valence electrons. The van der Waals surface area contributed by atoms with Gasteiger partial charge in [0.25, 0.3) is 0 Å². The quantitative estimate of drug-likeness (QED) is 0.737. The molecule has 0 saturated carbocycles. The fourth-order valence-corrected chi connectivity index (χ4v) is 1.87. The molecule has 0 fully saturated rings. The van der Waals surface area contributed by atoms with Gasteiger partial charge >= 0.3 is 0 Å². The summed E-state index contributed by atoms with van der Waals surface area (Å²) in [5.41, 5.74) is 1.02. The number of aromatic nitrogens is 2. The second-order valence-electron chi connectivity index (χ2n) is 4.25. The maximum absolute atomic E-state index is 4.36. The molecule has 1 aromatic rings. The zero-order valence-corrected chi connectivity index (χ0v) is 11.5. The van der Waals surface area contributed by atoms with Crippen LogP contribution in [0.1, 0.15) is 31.8 Å². The molecule has 0 bridgehead atoms. The summed E-state index contributed by atoms with van der Waals surface area (Å²) >= 11 is 0. The molecule has 0 aliphatic heterocycles. The Hall–Kier alpha value is -1.16. The molecule has 0 amide bonds. The molecule has 0 radical (unpaired) electrons. The number of hydrogen-bond acceptors (Lipinski definition) is 4. The summed E-state index contributed by atoms with van der Waals surface area (Å²) in [4.78, 5) is 11.0. The van der Waals surface area contributed by atoms with Crippen molar-refractivity contribution >= 4 is 5.82 Å². The van der Waals surface area contributed by atoms with Gasteiger partial charge < -0.3 is 10.2 Å². The van der Waals surface area contributed by atoms with Gasteiger partial charge in [0.1, 0.15) is 11.6 Å². The van der Waals surface area contributed by atoms with E-state index in [1.807, 2.05) is 19.9 Å². The minimum atomic E-state index is 0.830. The Bertz CT molecular complexity index is 314. The van der Waals surface area contributed by atoms with Gasteiger partial charge in [0.05, 0.1) is 0 Å². The monoisotopic (exact) mass is 236 g/mol. The van der Waals surface area contributed by atoms with Crippen LogP contribution in [0.3, 0.4) is 0 Å². The molecule has 0 atom stereocenters. The van der Waals surface area contributed by atoms with E-state index in [2.05, 4.69) is 34.0 Å². The minimum Gasteiger partial charge on any atom is -0.370 e. The van der Waals surface area contributed by atoms with Crippen molar-refractivity contribution in [1.82, 2.24) is 14.9 Å². The highest BCUT2D eigenvalue weighted by atomic mass is 15.1. The van der Waals surface area contributed by atoms with Gasteiger partial charge in [0.2, 0.25) is 0 Å². The van der Waals surface area contributed by atoms with Crippen LogP contribution in [0.2, 0.25) is 0 Å². The molecule has 0 aliphatic carbocycles. The third-order valence-electron chi connectivity index (χ3n) is 2.82. The Balaban J connectivity index is 2.31. The summed E-state index contributed by atoms with van der Waals surface area (Å²) in [6.45, 7) is 12.7. The van der Waals surface area contributed by atoms with E-state index in [1.54, 1.807) is 0 Å². The zero-order valence-electron chi connectivity index (χ0n) is 11.5. The van der Waals surface area contributed by atoms with Gasteiger partial charge in [-0.15, -0.1) is 0 Å². The molecule has 1 heterocycles. The SMILES string of the molecule is CCN(CC)CCCNc1cc(C)nc(C)n1. The zero-order chi connectivity index (χ0) is 12.7. The Morgan fingerprint density at radius 2 is 1.88 bits per heavy atom. The molecular formula is C13H24N4.